The average molecular weight is 231 g/mol. The third kappa shape index (κ3) is 2.30. The van der Waals surface area contributed by atoms with Crippen molar-refractivity contribution in [2.45, 2.75) is 6.92 Å². The second-order valence-corrected chi connectivity index (χ2v) is 3.51. The molecule has 1 aromatic carbocycles. The minimum atomic E-state index is 0.299. The maximum absolute atomic E-state index is 10.5. The number of benzene rings is 1. The summed E-state index contributed by atoms with van der Waals surface area (Å²) in [7, 11) is 0. The van der Waals surface area contributed by atoms with Gasteiger partial charge in [0.25, 0.3) is 0 Å². The van der Waals surface area contributed by atoms with Crippen LogP contribution in [0.15, 0.2) is 34.7 Å². The predicted molar refractivity (Wildman–Crippen MR) is 65.1 cm³/mol. The Morgan fingerprint density at radius 2 is 2.18 bits per heavy atom. The van der Waals surface area contributed by atoms with Crippen LogP contribution >= 0.6 is 0 Å². The van der Waals surface area contributed by atoms with E-state index < -0.39 is 0 Å². The van der Waals surface area contributed by atoms with E-state index in [2.05, 4.69) is 0 Å². The largest absolute Gasteiger partial charge is 0.492 e. The number of carbonyl (C=O) groups is 1. The first-order chi connectivity index (χ1) is 8.24. The van der Waals surface area contributed by atoms with E-state index in [4.69, 9.17) is 14.9 Å². The average Bonchev–Trinajstić information content (AvgIpc) is 2.80. The zero-order valence-corrected chi connectivity index (χ0v) is 9.47. The number of carbonyl (C=O) groups excluding carboxylic acids is 1. The van der Waals surface area contributed by atoms with Crippen LogP contribution in [0.2, 0.25) is 0 Å². The summed E-state index contributed by atoms with van der Waals surface area (Å²) in [6.07, 6.45) is 0.668. The van der Waals surface area contributed by atoms with Gasteiger partial charge in [-0.15, -0.1) is 0 Å². The van der Waals surface area contributed by atoms with E-state index in [1.165, 1.54) is 0 Å². The van der Waals surface area contributed by atoms with Gasteiger partial charge >= 0.3 is 0 Å². The third-order valence-corrected chi connectivity index (χ3v) is 2.34. The number of hydrogen-bond acceptors (Lipinski definition) is 4. The lowest BCUT2D eigenvalue weighted by molar-refractivity contribution is 0.110. The number of aldehydes is 1. The maximum atomic E-state index is 10.5. The van der Waals surface area contributed by atoms with Crippen molar-refractivity contribution in [1.29, 1.82) is 0 Å². The summed E-state index contributed by atoms with van der Waals surface area (Å²) in [6.45, 7) is 2.47. The Morgan fingerprint density at radius 1 is 1.35 bits per heavy atom. The normalized spacial score (nSPS) is 10.2. The summed E-state index contributed by atoms with van der Waals surface area (Å²) >= 11 is 0. The van der Waals surface area contributed by atoms with Gasteiger partial charge in [0.15, 0.2) is 12.0 Å². The van der Waals surface area contributed by atoms with Gasteiger partial charge in [-0.05, 0) is 37.3 Å². The first-order valence-electron chi connectivity index (χ1n) is 5.32. The summed E-state index contributed by atoms with van der Waals surface area (Å²) in [5.41, 5.74) is 7.22. The van der Waals surface area contributed by atoms with Crippen LogP contribution in [0.5, 0.6) is 5.75 Å². The van der Waals surface area contributed by atoms with Crippen LogP contribution in [-0.4, -0.2) is 12.9 Å². The molecule has 0 saturated heterocycles. The zero-order valence-electron chi connectivity index (χ0n) is 9.47. The van der Waals surface area contributed by atoms with Gasteiger partial charge in [0, 0.05) is 5.56 Å². The van der Waals surface area contributed by atoms with Gasteiger partial charge in [-0.1, -0.05) is 0 Å². The second kappa shape index (κ2) is 4.74. The zero-order chi connectivity index (χ0) is 12.3. The van der Waals surface area contributed by atoms with E-state index in [1.807, 2.05) is 13.0 Å². The number of nitrogens with two attached hydrogens (primary N) is 1. The number of nitrogen functional groups attached to an aromatic ring is 1. The lowest BCUT2D eigenvalue weighted by Gasteiger charge is -2.07. The summed E-state index contributed by atoms with van der Waals surface area (Å²) in [5.74, 6) is 1.56. The first kappa shape index (κ1) is 11.3. The number of hydrogen-bond donors (Lipinski definition) is 1. The van der Waals surface area contributed by atoms with Gasteiger partial charge in [-0.3, -0.25) is 4.79 Å². The molecule has 0 atom stereocenters. The maximum Gasteiger partial charge on any atom is 0.185 e. The molecule has 0 unspecified atom stereocenters. The Labute approximate surface area is 99.0 Å². The molecule has 0 fully saturated rings. The van der Waals surface area contributed by atoms with Crippen molar-refractivity contribution in [1.82, 2.24) is 0 Å². The Bertz CT molecular complexity index is 531. The lowest BCUT2D eigenvalue weighted by Crippen LogP contribution is -1.96. The highest BCUT2D eigenvalue weighted by Crippen LogP contribution is 2.29. The van der Waals surface area contributed by atoms with Crippen LogP contribution in [0.25, 0.3) is 11.3 Å². The summed E-state index contributed by atoms with van der Waals surface area (Å²) in [6, 6.07) is 8.75. The fourth-order valence-corrected chi connectivity index (χ4v) is 1.56. The third-order valence-electron chi connectivity index (χ3n) is 2.34. The topological polar surface area (TPSA) is 65.5 Å². The van der Waals surface area contributed by atoms with Crippen LogP contribution < -0.4 is 10.5 Å². The smallest absolute Gasteiger partial charge is 0.185 e. The fourth-order valence-electron chi connectivity index (χ4n) is 1.56. The number of anilines is 1. The van der Waals surface area contributed by atoms with Gasteiger partial charge in [-0.2, -0.15) is 0 Å². The van der Waals surface area contributed by atoms with Gasteiger partial charge in [0.05, 0.1) is 12.3 Å². The molecule has 0 saturated carbocycles. The van der Waals surface area contributed by atoms with Crippen molar-refractivity contribution >= 4 is 12.0 Å². The van der Waals surface area contributed by atoms with Gasteiger partial charge in [-0.25, -0.2) is 0 Å². The van der Waals surface area contributed by atoms with Crippen LogP contribution in [-0.2, 0) is 0 Å². The molecule has 2 rings (SSSR count). The lowest BCUT2D eigenvalue weighted by atomic mass is 10.1. The molecule has 0 aliphatic carbocycles. The van der Waals surface area contributed by atoms with E-state index in [0.717, 1.165) is 5.56 Å². The van der Waals surface area contributed by atoms with E-state index in [0.29, 0.717) is 35.9 Å². The molecule has 0 bridgehead atoms. The predicted octanol–water partition coefficient (Wildman–Crippen LogP) is 2.74. The fraction of sp³-hybridized carbons (Fsp3) is 0.154. The van der Waals surface area contributed by atoms with Crippen molar-refractivity contribution in [2.24, 2.45) is 0 Å². The van der Waals surface area contributed by atoms with Crippen LogP contribution in [0.4, 0.5) is 5.69 Å². The molecule has 0 radical (unpaired) electrons. The molecule has 0 spiro atoms. The van der Waals surface area contributed by atoms with Gasteiger partial charge in [0.2, 0.25) is 0 Å². The standard InChI is InChI=1S/C13H13NO3/c1-2-16-13-5-3-9(7-11(13)14)12-6-4-10(8-15)17-12/h3-8H,2,14H2,1H3. The second-order valence-electron chi connectivity index (χ2n) is 3.51. The molecule has 1 heterocycles. The van der Waals surface area contributed by atoms with E-state index in [-0.39, 0.29) is 0 Å². The molecule has 0 aliphatic rings. The molecule has 1 aromatic heterocycles. The monoisotopic (exact) mass is 231 g/mol. The molecule has 17 heavy (non-hydrogen) atoms. The highest BCUT2D eigenvalue weighted by Gasteiger charge is 2.07. The van der Waals surface area contributed by atoms with Crippen molar-refractivity contribution in [3.63, 3.8) is 0 Å². The Hall–Kier alpha value is -2.23. The molecule has 0 amide bonds. The van der Waals surface area contributed by atoms with Crippen LogP contribution in [0.1, 0.15) is 17.5 Å². The van der Waals surface area contributed by atoms with Crippen molar-refractivity contribution in [3.8, 4) is 17.1 Å². The number of rotatable bonds is 4. The SMILES string of the molecule is CCOc1ccc(-c2ccc(C=O)o2)cc1N. The molecular formula is C13H13NO3. The highest BCUT2D eigenvalue weighted by atomic mass is 16.5. The summed E-state index contributed by atoms with van der Waals surface area (Å²) in [5, 5.41) is 0. The van der Waals surface area contributed by atoms with Crippen LogP contribution in [0, 0.1) is 0 Å². The molecule has 0 aliphatic heterocycles. The minimum absolute atomic E-state index is 0.299. The number of furan rings is 1. The Morgan fingerprint density at radius 3 is 2.76 bits per heavy atom. The Balaban J connectivity index is 2.33. The highest BCUT2D eigenvalue weighted by molar-refractivity contribution is 5.74. The summed E-state index contributed by atoms with van der Waals surface area (Å²) in [4.78, 5) is 10.5. The van der Waals surface area contributed by atoms with Crippen molar-refractivity contribution < 1.29 is 13.9 Å². The molecule has 4 nitrogen and oxygen atoms in total. The minimum Gasteiger partial charge on any atom is -0.492 e. The summed E-state index contributed by atoms with van der Waals surface area (Å²) < 4.78 is 10.7. The number of ether oxygens (including phenoxy) is 1. The van der Waals surface area contributed by atoms with Crippen molar-refractivity contribution in [2.75, 3.05) is 12.3 Å². The molecule has 2 aromatic rings. The quantitative estimate of drug-likeness (QED) is 0.649. The van der Waals surface area contributed by atoms with E-state index in [9.17, 15) is 4.79 Å². The van der Waals surface area contributed by atoms with E-state index >= 15 is 0 Å². The van der Waals surface area contributed by atoms with Gasteiger partial charge < -0.3 is 14.9 Å². The Kier molecular flexibility index (Phi) is 3.14. The van der Waals surface area contributed by atoms with Crippen LogP contribution in [0.3, 0.4) is 0 Å². The van der Waals surface area contributed by atoms with E-state index in [1.54, 1.807) is 24.3 Å². The molecule has 4 heteroatoms. The first-order valence-corrected chi connectivity index (χ1v) is 5.32. The van der Waals surface area contributed by atoms with Crippen molar-refractivity contribution in [3.05, 3.63) is 36.1 Å². The molecule has 88 valence electrons. The molecule has 2 N–H and O–H groups in total. The van der Waals surface area contributed by atoms with Gasteiger partial charge in [0.1, 0.15) is 11.5 Å². The molecular weight excluding hydrogens is 218 g/mol.